The molecule has 6 rings (SSSR count). The highest BCUT2D eigenvalue weighted by Crippen LogP contribution is 2.76. The molecule has 16 atom stereocenters. The highest BCUT2D eigenvalue weighted by molar-refractivity contribution is 5.66. The first kappa shape index (κ1) is 39.4. The van der Waals surface area contributed by atoms with E-state index in [9.17, 15) is 30.0 Å². The SMILES string of the molecule is CC(=O)OC1CC2[C@@H]([C@@]3(C)CC[C@@H](C(C)(C)O)O3)CC[C@@]2(C)[C@]2(C)CCC3C(C)(C)[C@@H](OC4OC(CO)C(O)C(O)C4OC(C)=O)CC[C@]3(C)C12. The predicted molar refractivity (Wildman–Crippen MR) is 187 cm³/mol. The van der Waals surface area contributed by atoms with Crippen molar-refractivity contribution in [3.63, 3.8) is 0 Å². The Balaban J connectivity index is 1.30. The smallest absolute Gasteiger partial charge is 0.303 e. The van der Waals surface area contributed by atoms with Crippen LogP contribution in [0.4, 0.5) is 0 Å². The quantitative estimate of drug-likeness (QED) is 0.213. The van der Waals surface area contributed by atoms with Gasteiger partial charge in [-0.1, -0.05) is 34.6 Å². The second-order valence-corrected chi connectivity index (χ2v) is 19.4. The Kier molecular flexibility index (Phi) is 10.2. The van der Waals surface area contributed by atoms with Crippen molar-refractivity contribution in [2.24, 2.45) is 45.3 Å². The van der Waals surface area contributed by atoms with E-state index < -0.39 is 48.9 Å². The zero-order valence-corrected chi connectivity index (χ0v) is 32.6. The topological polar surface area (TPSA) is 161 Å². The number of aliphatic hydroxyl groups is 4. The van der Waals surface area contributed by atoms with Gasteiger partial charge in [-0.3, -0.25) is 9.59 Å². The number of aliphatic hydroxyl groups excluding tert-OH is 3. The molecule has 2 aliphatic heterocycles. The molecule has 0 bridgehead atoms. The molecule has 4 N–H and O–H groups in total. The van der Waals surface area contributed by atoms with E-state index in [0.717, 1.165) is 51.4 Å². The van der Waals surface area contributed by atoms with Gasteiger partial charge in [0.15, 0.2) is 12.4 Å². The molecule has 0 spiro atoms. The average molecular weight is 723 g/mol. The summed E-state index contributed by atoms with van der Waals surface area (Å²) in [6.45, 7) is 20.0. The van der Waals surface area contributed by atoms with Crippen LogP contribution >= 0.6 is 0 Å². The highest BCUT2D eigenvalue weighted by atomic mass is 16.7. The van der Waals surface area contributed by atoms with Crippen LogP contribution in [0, 0.1) is 45.3 Å². The summed E-state index contributed by atoms with van der Waals surface area (Å²) in [5.41, 5.74) is -1.92. The number of esters is 2. The third-order valence-electron chi connectivity index (χ3n) is 15.9. The molecule has 292 valence electrons. The molecule has 6 fully saturated rings. The number of ether oxygens (including phenoxy) is 5. The van der Waals surface area contributed by atoms with Crippen molar-refractivity contribution >= 4 is 11.9 Å². The van der Waals surface area contributed by atoms with E-state index in [1.54, 1.807) is 0 Å². The van der Waals surface area contributed by atoms with E-state index in [1.165, 1.54) is 13.8 Å². The zero-order chi connectivity index (χ0) is 37.7. The molecule has 51 heavy (non-hydrogen) atoms. The Morgan fingerprint density at radius 2 is 1.47 bits per heavy atom. The summed E-state index contributed by atoms with van der Waals surface area (Å²) in [5.74, 6) is 0.0370. The lowest BCUT2D eigenvalue weighted by Crippen LogP contribution is -2.68. The Morgan fingerprint density at radius 3 is 2.06 bits per heavy atom. The first-order chi connectivity index (χ1) is 23.5. The number of rotatable bonds is 7. The molecular weight excluding hydrogens is 656 g/mol. The van der Waals surface area contributed by atoms with Crippen molar-refractivity contribution in [3.8, 4) is 0 Å². The number of carbonyl (C=O) groups excluding carboxylic acids is 2. The number of carbonyl (C=O) groups is 2. The van der Waals surface area contributed by atoms with Crippen molar-refractivity contribution < 1.29 is 53.7 Å². The van der Waals surface area contributed by atoms with Crippen LogP contribution in [0.15, 0.2) is 0 Å². The van der Waals surface area contributed by atoms with Crippen LogP contribution in [0.2, 0.25) is 0 Å². The summed E-state index contributed by atoms with van der Waals surface area (Å²) in [7, 11) is 0. The Bertz CT molecular complexity index is 1330. The summed E-state index contributed by atoms with van der Waals surface area (Å²) >= 11 is 0. The van der Waals surface area contributed by atoms with Gasteiger partial charge in [-0.25, -0.2) is 0 Å². The summed E-state index contributed by atoms with van der Waals surface area (Å²) in [6, 6.07) is 0. The van der Waals surface area contributed by atoms with Crippen LogP contribution in [0.5, 0.6) is 0 Å². The molecular formula is C40H66O11. The molecule has 11 heteroatoms. The molecule has 0 radical (unpaired) electrons. The molecule has 2 heterocycles. The Morgan fingerprint density at radius 1 is 0.824 bits per heavy atom. The van der Waals surface area contributed by atoms with Crippen molar-refractivity contribution in [2.45, 2.75) is 187 Å². The summed E-state index contributed by atoms with van der Waals surface area (Å²) < 4.78 is 31.3. The molecule has 4 saturated carbocycles. The Labute approximate surface area is 304 Å². The first-order valence-electron chi connectivity index (χ1n) is 19.6. The van der Waals surface area contributed by atoms with Gasteiger partial charge in [0.1, 0.15) is 24.4 Å². The van der Waals surface area contributed by atoms with E-state index >= 15 is 0 Å². The third kappa shape index (κ3) is 6.21. The second-order valence-electron chi connectivity index (χ2n) is 19.4. The fourth-order valence-corrected chi connectivity index (χ4v) is 13.3. The van der Waals surface area contributed by atoms with Gasteiger partial charge < -0.3 is 44.1 Å². The van der Waals surface area contributed by atoms with Crippen LogP contribution in [-0.2, 0) is 33.3 Å². The van der Waals surface area contributed by atoms with Crippen molar-refractivity contribution in [1.29, 1.82) is 0 Å². The van der Waals surface area contributed by atoms with E-state index in [0.29, 0.717) is 18.3 Å². The van der Waals surface area contributed by atoms with E-state index in [-0.39, 0.29) is 63.4 Å². The summed E-state index contributed by atoms with van der Waals surface area (Å²) in [6.07, 6.45) is 0.889. The van der Waals surface area contributed by atoms with Gasteiger partial charge in [0.2, 0.25) is 0 Å². The van der Waals surface area contributed by atoms with E-state index in [4.69, 9.17) is 23.7 Å². The predicted octanol–water partition coefficient (Wildman–Crippen LogP) is 4.68. The van der Waals surface area contributed by atoms with Gasteiger partial charge in [-0.15, -0.1) is 0 Å². The molecule has 2 saturated heterocycles. The van der Waals surface area contributed by atoms with Crippen molar-refractivity contribution in [2.75, 3.05) is 6.61 Å². The number of hydrogen-bond donors (Lipinski definition) is 4. The lowest BCUT2D eigenvalue weighted by atomic mass is 9.35. The van der Waals surface area contributed by atoms with Crippen LogP contribution in [0.3, 0.4) is 0 Å². The molecule has 0 aromatic rings. The van der Waals surface area contributed by atoms with Crippen LogP contribution < -0.4 is 0 Å². The summed E-state index contributed by atoms with van der Waals surface area (Å²) in [5, 5.41) is 42.2. The normalized spacial score (nSPS) is 50.9. The maximum Gasteiger partial charge on any atom is 0.303 e. The van der Waals surface area contributed by atoms with Gasteiger partial charge >= 0.3 is 11.9 Å². The lowest BCUT2D eigenvalue weighted by molar-refractivity contribution is -0.334. The molecule has 4 aliphatic carbocycles. The minimum Gasteiger partial charge on any atom is -0.462 e. The minimum atomic E-state index is -1.48. The van der Waals surface area contributed by atoms with Crippen LogP contribution in [0.25, 0.3) is 0 Å². The Hall–Kier alpha value is -1.34. The van der Waals surface area contributed by atoms with Gasteiger partial charge in [0, 0.05) is 19.8 Å². The second kappa shape index (κ2) is 13.2. The van der Waals surface area contributed by atoms with E-state index in [2.05, 4.69) is 41.5 Å². The maximum atomic E-state index is 12.9. The third-order valence-corrected chi connectivity index (χ3v) is 15.9. The first-order valence-corrected chi connectivity index (χ1v) is 19.6. The van der Waals surface area contributed by atoms with Gasteiger partial charge in [-0.05, 0) is 118 Å². The lowest BCUT2D eigenvalue weighted by Gasteiger charge is -2.71. The molecule has 9 unspecified atom stereocenters. The molecule has 6 aliphatic rings. The molecule has 11 nitrogen and oxygen atoms in total. The van der Waals surface area contributed by atoms with Gasteiger partial charge in [0.25, 0.3) is 0 Å². The average Bonchev–Trinajstić information content (AvgIpc) is 3.59. The molecule has 0 amide bonds. The number of fused-ring (bicyclic) bond motifs is 5. The largest absolute Gasteiger partial charge is 0.462 e. The van der Waals surface area contributed by atoms with Crippen molar-refractivity contribution in [1.82, 2.24) is 0 Å². The molecule has 0 aromatic heterocycles. The van der Waals surface area contributed by atoms with E-state index in [1.807, 2.05) is 13.8 Å². The zero-order valence-electron chi connectivity index (χ0n) is 32.6. The fraction of sp³-hybridized carbons (Fsp3) is 0.950. The monoisotopic (exact) mass is 722 g/mol. The minimum absolute atomic E-state index is 0.00705. The number of hydrogen-bond acceptors (Lipinski definition) is 11. The van der Waals surface area contributed by atoms with Gasteiger partial charge in [-0.2, -0.15) is 0 Å². The molecule has 0 aromatic carbocycles. The van der Waals surface area contributed by atoms with Crippen LogP contribution in [-0.4, -0.2) is 99.2 Å². The maximum absolute atomic E-state index is 12.9. The fourth-order valence-electron chi connectivity index (χ4n) is 13.3. The standard InChI is InChI=1S/C40H66O11/c1-21(42)47-25-19-24-23(40(10)18-14-29(51-40)36(5,6)46)11-16-38(24,8)39(9)17-12-27-35(3,4)28(13-15-37(27,7)33(25)39)50-34-32(48-22(2)43)31(45)30(44)26(20-41)49-34/h23-34,41,44-46H,11-20H2,1-10H3/t23-,24?,25?,26?,27?,28-,29-,30?,31?,32?,33?,34?,37-,38+,39+,40+/m0/s1. The van der Waals surface area contributed by atoms with Gasteiger partial charge in [0.05, 0.1) is 30.0 Å². The summed E-state index contributed by atoms with van der Waals surface area (Å²) in [4.78, 5) is 24.9. The van der Waals surface area contributed by atoms with Crippen LogP contribution in [0.1, 0.15) is 127 Å². The highest BCUT2D eigenvalue weighted by Gasteiger charge is 2.73. The van der Waals surface area contributed by atoms with Crippen molar-refractivity contribution in [3.05, 3.63) is 0 Å².